The summed E-state index contributed by atoms with van der Waals surface area (Å²) in [5.41, 5.74) is 2.18. The minimum absolute atomic E-state index is 0.104. The molecule has 0 bridgehead atoms. The Bertz CT molecular complexity index is 508. The Hall–Kier alpha value is -1.42. The summed E-state index contributed by atoms with van der Waals surface area (Å²) < 4.78 is 5.82. The van der Waals surface area contributed by atoms with E-state index in [2.05, 4.69) is 10.3 Å². The van der Waals surface area contributed by atoms with Crippen molar-refractivity contribution in [2.75, 3.05) is 6.61 Å². The van der Waals surface area contributed by atoms with Gasteiger partial charge in [0.15, 0.2) is 0 Å². The van der Waals surface area contributed by atoms with Gasteiger partial charge in [0.2, 0.25) is 5.91 Å². The van der Waals surface area contributed by atoms with Crippen molar-refractivity contribution >= 4 is 5.91 Å². The van der Waals surface area contributed by atoms with Crippen LogP contribution >= 0.6 is 0 Å². The van der Waals surface area contributed by atoms with Crippen molar-refractivity contribution in [2.45, 2.75) is 58.1 Å². The van der Waals surface area contributed by atoms with Gasteiger partial charge in [-0.3, -0.25) is 9.78 Å². The first-order chi connectivity index (χ1) is 10.1. The van der Waals surface area contributed by atoms with Crippen LogP contribution in [0.1, 0.15) is 43.9 Å². The van der Waals surface area contributed by atoms with Crippen LogP contribution in [0, 0.1) is 12.3 Å². The van der Waals surface area contributed by atoms with Crippen molar-refractivity contribution in [1.29, 1.82) is 0 Å². The summed E-state index contributed by atoms with van der Waals surface area (Å²) in [6.45, 7) is 4.76. The molecule has 2 saturated carbocycles. The largest absolute Gasteiger partial charge is 0.378 e. The molecular weight excluding hydrogens is 264 g/mol. The zero-order chi connectivity index (χ0) is 14.9. The maximum absolute atomic E-state index is 12.2. The standard InChI is InChI=1S/C17H24N2O2/c1-3-21-15-10-14(17(15)7-4-8-17)19-16(20)9-13-6-5-12(2)18-11-13/h5-6,11,14-15H,3-4,7-10H2,1-2H3,(H,19,20)/t14-,15+/m0/s1. The number of ether oxygens (including phenoxy) is 1. The van der Waals surface area contributed by atoms with Gasteiger partial charge < -0.3 is 10.1 Å². The molecule has 2 aliphatic rings. The molecule has 0 saturated heterocycles. The Morgan fingerprint density at radius 1 is 1.48 bits per heavy atom. The van der Waals surface area contributed by atoms with E-state index >= 15 is 0 Å². The Balaban J connectivity index is 1.55. The van der Waals surface area contributed by atoms with Gasteiger partial charge in [-0.15, -0.1) is 0 Å². The first-order valence-electron chi connectivity index (χ1n) is 7.96. The van der Waals surface area contributed by atoms with Crippen molar-refractivity contribution in [3.05, 3.63) is 29.6 Å². The fourth-order valence-electron chi connectivity index (χ4n) is 3.67. The lowest BCUT2D eigenvalue weighted by atomic mass is 9.51. The van der Waals surface area contributed by atoms with E-state index in [0.717, 1.165) is 24.3 Å². The Labute approximate surface area is 126 Å². The van der Waals surface area contributed by atoms with E-state index in [1.165, 1.54) is 19.3 Å². The molecule has 3 rings (SSSR count). The highest BCUT2D eigenvalue weighted by Gasteiger charge is 2.59. The van der Waals surface area contributed by atoms with Gasteiger partial charge in [-0.05, 0) is 44.7 Å². The molecule has 1 N–H and O–H groups in total. The van der Waals surface area contributed by atoms with Crippen molar-refractivity contribution < 1.29 is 9.53 Å². The molecule has 0 radical (unpaired) electrons. The van der Waals surface area contributed by atoms with Crippen molar-refractivity contribution in [2.24, 2.45) is 5.41 Å². The summed E-state index contributed by atoms with van der Waals surface area (Å²) in [6.07, 6.45) is 7.16. The molecule has 1 aromatic heterocycles. The van der Waals surface area contributed by atoms with E-state index in [1.807, 2.05) is 26.0 Å². The number of pyridine rings is 1. The lowest BCUT2D eigenvalue weighted by molar-refractivity contribution is -0.175. The van der Waals surface area contributed by atoms with E-state index in [-0.39, 0.29) is 11.3 Å². The first-order valence-corrected chi connectivity index (χ1v) is 7.96. The van der Waals surface area contributed by atoms with Crippen LogP contribution in [0.2, 0.25) is 0 Å². The molecular formula is C17H24N2O2. The number of hydrogen-bond donors (Lipinski definition) is 1. The summed E-state index contributed by atoms with van der Waals surface area (Å²) in [7, 11) is 0. The summed E-state index contributed by atoms with van der Waals surface area (Å²) in [5, 5.41) is 3.21. The second kappa shape index (κ2) is 5.76. The number of carbonyl (C=O) groups is 1. The first kappa shape index (κ1) is 14.5. The third-order valence-corrected chi connectivity index (χ3v) is 5.11. The Morgan fingerprint density at radius 3 is 2.86 bits per heavy atom. The molecule has 1 heterocycles. The molecule has 2 fully saturated rings. The van der Waals surface area contributed by atoms with Gasteiger partial charge in [-0.25, -0.2) is 0 Å². The van der Waals surface area contributed by atoms with Crippen LogP contribution in [0.3, 0.4) is 0 Å². The van der Waals surface area contributed by atoms with Crippen LogP contribution in [0.5, 0.6) is 0 Å². The fraction of sp³-hybridized carbons (Fsp3) is 0.647. The highest BCUT2D eigenvalue weighted by Crippen LogP contribution is 2.57. The average Bonchev–Trinajstić information content (AvgIpc) is 2.38. The Kier molecular flexibility index (Phi) is 3.98. The maximum Gasteiger partial charge on any atom is 0.224 e. The van der Waals surface area contributed by atoms with Crippen molar-refractivity contribution in [3.63, 3.8) is 0 Å². The lowest BCUT2D eigenvalue weighted by Crippen LogP contribution is -2.67. The average molecular weight is 288 g/mol. The summed E-state index contributed by atoms with van der Waals surface area (Å²) in [6, 6.07) is 4.23. The molecule has 0 unspecified atom stereocenters. The second-order valence-corrected chi connectivity index (χ2v) is 6.37. The van der Waals surface area contributed by atoms with Crippen LogP contribution in [0.15, 0.2) is 18.3 Å². The van der Waals surface area contributed by atoms with Crippen LogP contribution in [0.4, 0.5) is 0 Å². The minimum Gasteiger partial charge on any atom is -0.378 e. The van der Waals surface area contributed by atoms with Gasteiger partial charge >= 0.3 is 0 Å². The lowest BCUT2D eigenvalue weighted by Gasteiger charge is -2.61. The van der Waals surface area contributed by atoms with Crippen molar-refractivity contribution in [1.82, 2.24) is 10.3 Å². The zero-order valence-electron chi connectivity index (χ0n) is 12.9. The highest BCUT2D eigenvalue weighted by molar-refractivity contribution is 5.79. The second-order valence-electron chi connectivity index (χ2n) is 6.37. The normalized spacial score (nSPS) is 26.0. The molecule has 4 nitrogen and oxygen atoms in total. The number of rotatable bonds is 5. The number of amides is 1. The predicted molar refractivity (Wildman–Crippen MR) is 80.9 cm³/mol. The molecule has 2 atom stereocenters. The molecule has 4 heteroatoms. The molecule has 1 aromatic rings. The third-order valence-electron chi connectivity index (χ3n) is 5.11. The molecule has 1 amide bonds. The van der Waals surface area contributed by atoms with Crippen molar-refractivity contribution in [3.8, 4) is 0 Å². The van der Waals surface area contributed by atoms with E-state index in [1.54, 1.807) is 6.20 Å². The monoisotopic (exact) mass is 288 g/mol. The van der Waals surface area contributed by atoms with Gasteiger partial charge in [0, 0.05) is 30.0 Å². The van der Waals surface area contributed by atoms with E-state index < -0.39 is 0 Å². The Morgan fingerprint density at radius 2 is 2.29 bits per heavy atom. The minimum atomic E-state index is 0.104. The number of nitrogens with one attached hydrogen (secondary N) is 1. The number of hydrogen-bond acceptors (Lipinski definition) is 3. The van der Waals surface area contributed by atoms with Crippen LogP contribution < -0.4 is 5.32 Å². The summed E-state index contributed by atoms with van der Waals surface area (Å²) >= 11 is 0. The third kappa shape index (κ3) is 2.69. The van der Waals surface area contributed by atoms with E-state index in [9.17, 15) is 4.79 Å². The van der Waals surface area contributed by atoms with Gasteiger partial charge in [-0.2, -0.15) is 0 Å². The highest BCUT2D eigenvalue weighted by atomic mass is 16.5. The molecule has 21 heavy (non-hydrogen) atoms. The summed E-state index contributed by atoms with van der Waals surface area (Å²) in [5.74, 6) is 0.104. The molecule has 0 aromatic carbocycles. The van der Waals surface area contributed by atoms with Gasteiger partial charge in [0.05, 0.1) is 12.5 Å². The fourth-order valence-corrected chi connectivity index (χ4v) is 3.67. The van der Waals surface area contributed by atoms with Crippen LogP contribution in [-0.4, -0.2) is 29.6 Å². The van der Waals surface area contributed by atoms with E-state index in [0.29, 0.717) is 18.6 Å². The number of aromatic nitrogens is 1. The van der Waals surface area contributed by atoms with Gasteiger partial charge in [0.25, 0.3) is 0 Å². The van der Waals surface area contributed by atoms with Crippen LogP contribution in [-0.2, 0) is 16.0 Å². The molecule has 1 spiro atoms. The topological polar surface area (TPSA) is 51.2 Å². The van der Waals surface area contributed by atoms with Gasteiger partial charge in [-0.1, -0.05) is 12.5 Å². The zero-order valence-corrected chi connectivity index (χ0v) is 12.9. The predicted octanol–water partition coefficient (Wildman–Crippen LogP) is 2.40. The molecule has 114 valence electrons. The van der Waals surface area contributed by atoms with Crippen LogP contribution in [0.25, 0.3) is 0 Å². The SMILES string of the molecule is CCO[C@@H]1C[C@H](NC(=O)Cc2ccc(C)nc2)C12CCC2. The molecule has 0 aliphatic heterocycles. The smallest absolute Gasteiger partial charge is 0.224 e. The molecule has 2 aliphatic carbocycles. The number of carbonyl (C=O) groups excluding carboxylic acids is 1. The maximum atomic E-state index is 12.2. The van der Waals surface area contributed by atoms with E-state index in [4.69, 9.17) is 4.74 Å². The quantitative estimate of drug-likeness (QED) is 0.905. The van der Waals surface area contributed by atoms with Gasteiger partial charge in [0.1, 0.15) is 0 Å². The number of nitrogens with zero attached hydrogens (tertiary/aromatic N) is 1. The summed E-state index contributed by atoms with van der Waals surface area (Å²) in [4.78, 5) is 16.5. The number of aryl methyl sites for hydroxylation is 1.